The summed E-state index contributed by atoms with van der Waals surface area (Å²) < 4.78 is 24.8. The maximum atomic E-state index is 12.9. The van der Waals surface area contributed by atoms with Crippen LogP contribution in [-0.2, 0) is 35.0 Å². The minimum Gasteiger partial charge on any atom is -0.508 e. The predicted octanol–water partition coefficient (Wildman–Crippen LogP) is 5.19. The van der Waals surface area contributed by atoms with E-state index in [9.17, 15) is 19.8 Å². The van der Waals surface area contributed by atoms with Gasteiger partial charge >= 0.3 is 11.9 Å². The fourth-order valence-electron chi connectivity index (χ4n) is 6.60. The van der Waals surface area contributed by atoms with Gasteiger partial charge in [0.15, 0.2) is 5.79 Å². The number of carbonyl (C=O) groups is 2. The number of phenols is 1. The summed E-state index contributed by atoms with van der Waals surface area (Å²) in [6.07, 6.45) is 3.46. The van der Waals surface area contributed by atoms with Crippen LogP contribution < -0.4 is 0 Å². The fraction of sp³-hybridized carbons (Fsp3) is 0.625. The van der Waals surface area contributed by atoms with E-state index in [0.717, 1.165) is 42.9 Å². The summed E-state index contributed by atoms with van der Waals surface area (Å²) >= 11 is 0. The van der Waals surface area contributed by atoms with Crippen molar-refractivity contribution >= 4 is 22.7 Å². The number of hydrogen-bond donors (Lipinski definition) is 2. The molecule has 0 saturated carbocycles. The lowest BCUT2D eigenvalue weighted by Gasteiger charge is -2.57. The smallest absolute Gasteiger partial charge is 0.309 e. The van der Waals surface area contributed by atoms with Crippen molar-refractivity contribution in [3.63, 3.8) is 0 Å². The Kier molecular flexibility index (Phi) is 8.41. The zero-order valence-corrected chi connectivity index (χ0v) is 23.8. The third-order valence-electron chi connectivity index (χ3n) is 9.18. The number of aliphatic hydroxyl groups is 1. The number of aromatic hydroxyl groups is 1. The number of benzene rings is 2. The number of phenolic OH excluding ortho intramolecular Hbond substituents is 1. The van der Waals surface area contributed by atoms with Gasteiger partial charge in [0.1, 0.15) is 18.0 Å². The molecule has 2 aromatic rings. The van der Waals surface area contributed by atoms with Gasteiger partial charge in [-0.05, 0) is 60.6 Å². The second-order valence-electron chi connectivity index (χ2n) is 12.4. The highest BCUT2D eigenvalue weighted by molar-refractivity contribution is 5.86. The number of carbonyl (C=O) groups excluding carboxylic acids is 2. The Morgan fingerprint density at radius 1 is 1.00 bits per heavy atom. The maximum Gasteiger partial charge on any atom is 0.309 e. The molecule has 40 heavy (non-hydrogen) atoms. The average Bonchev–Trinajstić information content (AvgIpc) is 2.90. The highest BCUT2D eigenvalue weighted by Crippen LogP contribution is 2.53. The van der Waals surface area contributed by atoms with Crippen LogP contribution >= 0.6 is 0 Å². The van der Waals surface area contributed by atoms with Gasteiger partial charge < -0.3 is 29.2 Å². The van der Waals surface area contributed by atoms with Gasteiger partial charge in [0.2, 0.25) is 0 Å². The van der Waals surface area contributed by atoms with Gasteiger partial charge in [0.05, 0.1) is 31.7 Å². The molecule has 218 valence electrons. The lowest BCUT2D eigenvalue weighted by Crippen LogP contribution is -2.63. The van der Waals surface area contributed by atoms with Crippen molar-refractivity contribution in [2.75, 3.05) is 6.61 Å². The van der Waals surface area contributed by atoms with Crippen LogP contribution in [0, 0.1) is 11.3 Å². The lowest BCUT2D eigenvalue weighted by atomic mass is 9.70. The maximum absolute atomic E-state index is 12.9. The number of unbranched alkanes of at least 4 members (excludes halogenated alkanes) is 1. The minimum atomic E-state index is -0.981. The van der Waals surface area contributed by atoms with Crippen LogP contribution in [0.4, 0.5) is 0 Å². The van der Waals surface area contributed by atoms with E-state index in [-0.39, 0.29) is 42.1 Å². The molecule has 6 atom stereocenters. The average molecular weight is 555 g/mol. The van der Waals surface area contributed by atoms with Gasteiger partial charge in [-0.2, -0.15) is 0 Å². The van der Waals surface area contributed by atoms with E-state index in [4.69, 9.17) is 18.9 Å². The third-order valence-corrected chi connectivity index (χ3v) is 9.18. The first kappa shape index (κ1) is 28.8. The topological polar surface area (TPSA) is 112 Å². The molecule has 0 amide bonds. The van der Waals surface area contributed by atoms with Crippen molar-refractivity contribution in [3.8, 4) is 5.75 Å². The highest BCUT2D eigenvalue weighted by atomic mass is 16.7. The van der Waals surface area contributed by atoms with Crippen LogP contribution in [0.25, 0.3) is 10.8 Å². The van der Waals surface area contributed by atoms with Crippen molar-refractivity contribution in [1.29, 1.82) is 0 Å². The Hall–Kier alpha value is -2.68. The molecule has 1 spiro atoms. The molecule has 0 aromatic heterocycles. The Balaban J connectivity index is 1.33. The van der Waals surface area contributed by atoms with E-state index in [1.807, 2.05) is 18.2 Å². The Bertz CT molecular complexity index is 1220. The van der Waals surface area contributed by atoms with Crippen LogP contribution in [0.2, 0.25) is 0 Å². The molecule has 3 fully saturated rings. The number of fused-ring (bicyclic) bond motifs is 3. The van der Waals surface area contributed by atoms with Crippen molar-refractivity contribution in [3.05, 3.63) is 42.0 Å². The SMILES string of the molecule is C[C@H]1[C@@H]2C[C@@]3(O[C@H](CCC3(C)C)CC(=O)O[C@@H](CO)CC(=O)O2)O[C@@H]1CCCCc1cccc2cc(O)ccc12. The van der Waals surface area contributed by atoms with E-state index in [2.05, 4.69) is 26.8 Å². The Morgan fingerprint density at radius 3 is 2.60 bits per heavy atom. The standard InChI is InChI=1S/C32H42O8/c1-20-27(10-5-4-7-21-8-6-9-22-15-23(34)11-12-26(21)22)40-32-18-28(20)38-30(36)17-25(19-33)37-29(35)16-24(39-32)13-14-31(32,2)3/h6,8-9,11-12,15,20,24-25,27-28,33-34H,4-5,7,10,13-14,16-19H2,1-3H3/t20-,24-,25-,27-,28+,32-/m1/s1. The van der Waals surface area contributed by atoms with Crippen molar-refractivity contribution in [1.82, 2.24) is 0 Å². The molecular weight excluding hydrogens is 512 g/mol. The molecule has 3 bridgehead atoms. The quantitative estimate of drug-likeness (QED) is 0.371. The molecule has 2 aromatic carbocycles. The third kappa shape index (κ3) is 5.99. The first-order chi connectivity index (χ1) is 19.1. The van der Waals surface area contributed by atoms with Crippen LogP contribution in [-0.4, -0.2) is 59.0 Å². The fourth-order valence-corrected chi connectivity index (χ4v) is 6.60. The van der Waals surface area contributed by atoms with E-state index < -0.39 is 36.5 Å². The van der Waals surface area contributed by atoms with Crippen molar-refractivity contribution in [2.24, 2.45) is 11.3 Å². The number of cyclic esters (lactones) is 1. The predicted molar refractivity (Wildman–Crippen MR) is 149 cm³/mol. The lowest BCUT2D eigenvalue weighted by molar-refractivity contribution is -0.381. The van der Waals surface area contributed by atoms with Crippen LogP contribution in [0.1, 0.15) is 77.7 Å². The second-order valence-corrected chi connectivity index (χ2v) is 12.4. The summed E-state index contributed by atoms with van der Waals surface area (Å²) in [5.41, 5.74) is 0.903. The van der Waals surface area contributed by atoms with E-state index in [1.165, 1.54) is 5.56 Å². The molecular formula is C32H42O8. The number of aliphatic hydroxyl groups excluding tert-OH is 1. The Morgan fingerprint density at radius 2 is 1.80 bits per heavy atom. The summed E-state index contributed by atoms with van der Waals surface area (Å²) in [6, 6.07) is 11.7. The van der Waals surface area contributed by atoms with Crippen molar-refractivity contribution < 1.29 is 38.7 Å². The Labute approximate surface area is 235 Å². The van der Waals surface area contributed by atoms with Crippen LogP contribution in [0.15, 0.2) is 36.4 Å². The second kappa shape index (κ2) is 11.7. The van der Waals surface area contributed by atoms with Gasteiger partial charge in [0, 0.05) is 17.8 Å². The molecule has 3 saturated heterocycles. The first-order valence-electron chi connectivity index (χ1n) is 14.7. The van der Waals surface area contributed by atoms with E-state index >= 15 is 0 Å². The van der Waals surface area contributed by atoms with Gasteiger partial charge in [-0.3, -0.25) is 9.59 Å². The zero-order chi connectivity index (χ0) is 28.5. The largest absolute Gasteiger partial charge is 0.508 e. The molecule has 0 radical (unpaired) electrons. The van der Waals surface area contributed by atoms with Gasteiger partial charge in [-0.15, -0.1) is 0 Å². The highest BCUT2D eigenvalue weighted by Gasteiger charge is 2.58. The molecule has 8 heteroatoms. The molecule has 0 aliphatic carbocycles. The monoisotopic (exact) mass is 554 g/mol. The molecule has 0 unspecified atom stereocenters. The summed E-state index contributed by atoms with van der Waals surface area (Å²) in [5.74, 6) is -1.75. The summed E-state index contributed by atoms with van der Waals surface area (Å²) in [6.45, 7) is 5.88. The van der Waals surface area contributed by atoms with E-state index in [0.29, 0.717) is 12.8 Å². The molecule has 3 heterocycles. The molecule has 3 aliphatic heterocycles. The van der Waals surface area contributed by atoms with E-state index in [1.54, 1.807) is 12.1 Å². The number of ether oxygens (including phenoxy) is 4. The zero-order valence-electron chi connectivity index (χ0n) is 23.8. The molecule has 3 aliphatic rings. The number of rotatable bonds is 6. The minimum absolute atomic E-state index is 0.0482. The summed E-state index contributed by atoms with van der Waals surface area (Å²) in [7, 11) is 0. The van der Waals surface area contributed by atoms with Crippen LogP contribution in [0.3, 0.4) is 0 Å². The number of hydrogen-bond acceptors (Lipinski definition) is 8. The number of aryl methyl sites for hydroxylation is 1. The molecule has 8 nitrogen and oxygen atoms in total. The molecule has 5 rings (SSSR count). The summed E-state index contributed by atoms with van der Waals surface area (Å²) in [4.78, 5) is 25.5. The molecule has 2 N–H and O–H groups in total. The van der Waals surface area contributed by atoms with Crippen molar-refractivity contribution in [2.45, 2.75) is 109 Å². The van der Waals surface area contributed by atoms with Gasteiger partial charge in [-0.1, -0.05) is 51.5 Å². The number of esters is 2. The normalized spacial score (nSPS) is 32.5. The first-order valence-corrected chi connectivity index (χ1v) is 14.7. The van der Waals surface area contributed by atoms with Gasteiger partial charge in [-0.25, -0.2) is 0 Å². The summed E-state index contributed by atoms with van der Waals surface area (Å²) in [5, 5.41) is 21.7. The van der Waals surface area contributed by atoms with Gasteiger partial charge in [0.25, 0.3) is 0 Å². The van der Waals surface area contributed by atoms with Crippen LogP contribution in [0.5, 0.6) is 5.75 Å².